The third-order valence-electron chi connectivity index (χ3n) is 4.43. The van der Waals surface area contributed by atoms with E-state index in [1.54, 1.807) is 9.80 Å². The zero-order chi connectivity index (χ0) is 16.2. The molecule has 0 aromatic carbocycles. The van der Waals surface area contributed by atoms with Crippen molar-refractivity contribution in [2.75, 3.05) is 52.5 Å². The Bertz CT molecular complexity index is 472. The Balaban J connectivity index is 2.04. The first-order valence-electron chi connectivity index (χ1n) is 8.11. The number of likely N-dealkylation sites (tertiary alicyclic amines) is 1. The summed E-state index contributed by atoms with van der Waals surface area (Å²) in [6, 6.07) is -0.0492. The smallest absolute Gasteiger partial charge is 0.320 e. The number of hydrogen-bond donors (Lipinski definition) is 0. The van der Waals surface area contributed by atoms with Crippen LogP contribution in [-0.2, 0) is 14.8 Å². The van der Waals surface area contributed by atoms with Gasteiger partial charge in [-0.3, -0.25) is 0 Å². The minimum Gasteiger partial charge on any atom is -0.379 e. The minimum atomic E-state index is -3.35. The molecule has 0 saturated carbocycles. The van der Waals surface area contributed by atoms with Gasteiger partial charge in [-0.2, -0.15) is 4.31 Å². The van der Waals surface area contributed by atoms with E-state index < -0.39 is 15.3 Å². The highest BCUT2D eigenvalue weighted by Crippen LogP contribution is 2.22. The highest BCUT2D eigenvalue weighted by molar-refractivity contribution is 7.89. The van der Waals surface area contributed by atoms with Gasteiger partial charge in [0.2, 0.25) is 10.0 Å². The summed E-state index contributed by atoms with van der Waals surface area (Å²) < 4.78 is 32.2. The van der Waals surface area contributed by atoms with Crippen molar-refractivity contribution in [1.29, 1.82) is 0 Å². The lowest BCUT2D eigenvalue weighted by atomic mass is 10.1. The molecule has 2 amide bonds. The Morgan fingerprint density at radius 1 is 1.18 bits per heavy atom. The average molecular weight is 333 g/mol. The first kappa shape index (κ1) is 17.5. The van der Waals surface area contributed by atoms with Gasteiger partial charge in [-0.05, 0) is 26.7 Å². The number of morpholine rings is 1. The summed E-state index contributed by atoms with van der Waals surface area (Å²) in [6.07, 6.45) is 1.36. The van der Waals surface area contributed by atoms with Crippen molar-refractivity contribution < 1.29 is 17.9 Å². The predicted octanol–water partition coefficient (Wildman–Crippen LogP) is 0.575. The van der Waals surface area contributed by atoms with Gasteiger partial charge in [-0.1, -0.05) is 0 Å². The monoisotopic (exact) mass is 333 g/mol. The van der Waals surface area contributed by atoms with E-state index in [4.69, 9.17) is 4.74 Å². The van der Waals surface area contributed by atoms with Crippen molar-refractivity contribution >= 4 is 16.1 Å². The molecule has 128 valence electrons. The molecule has 2 saturated heterocycles. The van der Waals surface area contributed by atoms with Gasteiger partial charge in [0, 0.05) is 39.3 Å². The molecule has 2 aliphatic rings. The van der Waals surface area contributed by atoms with Crippen LogP contribution >= 0.6 is 0 Å². The number of carbonyl (C=O) groups excluding carboxylic acids is 1. The summed E-state index contributed by atoms with van der Waals surface area (Å²) >= 11 is 0. The third-order valence-corrected chi connectivity index (χ3v) is 6.75. The van der Waals surface area contributed by atoms with E-state index in [0.717, 1.165) is 6.42 Å². The molecule has 0 radical (unpaired) electrons. The largest absolute Gasteiger partial charge is 0.379 e. The van der Waals surface area contributed by atoms with Gasteiger partial charge in [0.25, 0.3) is 0 Å². The van der Waals surface area contributed by atoms with Crippen LogP contribution in [0.2, 0.25) is 0 Å². The van der Waals surface area contributed by atoms with Crippen LogP contribution < -0.4 is 0 Å². The summed E-state index contributed by atoms with van der Waals surface area (Å²) in [4.78, 5) is 15.9. The SMILES string of the molecule is CCN(CC)C(=O)N1CCCC(S(=O)(=O)N2CCOCC2)C1. The zero-order valence-electron chi connectivity index (χ0n) is 13.5. The number of sulfonamides is 1. The van der Waals surface area contributed by atoms with E-state index in [0.29, 0.717) is 58.9 Å². The normalized spacial score (nSPS) is 24.3. The Hall–Kier alpha value is -0.860. The molecule has 2 rings (SSSR count). The average Bonchev–Trinajstić information content (AvgIpc) is 2.57. The Morgan fingerprint density at radius 3 is 2.41 bits per heavy atom. The summed E-state index contributed by atoms with van der Waals surface area (Å²) in [5, 5.41) is -0.487. The molecule has 1 atom stereocenters. The fraction of sp³-hybridized carbons (Fsp3) is 0.929. The number of amides is 2. The lowest BCUT2D eigenvalue weighted by molar-refractivity contribution is 0.0719. The number of rotatable bonds is 4. The highest BCUT2D eigenvalue weighted by atomic mass is 32.2. The van der Waals surface area contributed by atoms with Crippen molar-refractivity contribution in [2.45, 2.75) is 31.9 Å². The van der Waals surface area contributed by atoms with Gasteiger partial charge in [0.15, 0.2) is 0 Å². The fourth-order valence-electron chi connectivity index (χ4n) is 3.06. The molecule has 22 heavy (non-hydrogen) atoms. The Morgan fingerprint density at radius 2 is 1.82 bits per heavy atom. The Kier molecular flexibility index (Phi) is 6.05. The molecule has 7 nitrogen and oxygen atoms in total. The molecule has 0 aromatic heterocycles. The molecule has 2 heterocycles. The molecule has 1 unspecified atom stereocenters. The number of urea groups is 1. The van der Waals surface area contributed by atoms with E-state index >= 15 is 0 Å². The van der Waals surface area contributed by atoms with E-state index in [9.17, 15) is 13.2 Å². The molecular formula is C14H27N3O4S. The van der Waals surface area contributed by atoms with E-state index in [-0.39, 0.29) is 6.03 Å². The molecule has 2 aliphatic heterocycles. The molecule has 0 aromatic rings. The van der Waals surface area contributed by atoms with Crippen LogP contribution in [0, 0.1) is 0 Å². The molecule has 0 N–H and O–H groups in total. The summed E-state index contributed by atoms with van der Waals surface area (Å²) in [6.45, 7) is 7.85. The van der Waals surface area contributed by atoms with Gasteiger partial charge in [0.1, 0.15) is 0 Å². The first-order valence-corrected chi connectivity index (χ1v) is 9.61. The number of nitrogens with zero attached hydrogens (tertiary/aromatic N) is 3. The summed E-state index contributed by atoms with van der Waals surface area (Å²) in [5.74, 6) is 0. The van der Waals surface area contributed by atoms with Gasteiger partial charge in [-0.15, -0.1) is 0 Å². The van der Waals surface area contributed by atoms with Crippen molar-refractivity contribution in [1.82, 2.24) is 14.1 Å². The highest BCUT2D eigenvalue weighted by Gasteiger charge is 2.37. The van der Waals surface area contributed by atoms with E-state index in [1.165, 1.54) is 4.31 Å². The third kappa shape index (κ3) is 3.72. The van der Waals surface area contributed by atoms with E-state index in [1.807, 2.05) is 13.8 Å². The molecule has 0 bridgehead atoms. The van der Waals surface area contributed by atoms with Crippen molar-refractivity contribution in [3.63, 3.8) is 0 Å². The number of piperidine rings is 1. The van der Waals surface area contributed by atoms with Crippen LogP contribution in [0.5, 0.6) is 0 Å². The lowest BCUT2D eigenvalue weighted by Crippen LogP contribution is -2.54. The second-order valence-corrected chi connectivity index (χ2v) is 7.93. The van der Waals surface area contributed by atoms with Crippen LogP contribution in [0.15, 0.2) is 0 Å². The standard InChI is InChI=1S/C14H27N3O4S/c1-3-15(4-2)14(18)16-7-5-6-13(12-16)22(19,20)17-8-10-21-11-9-17/h13H,3-12H2,1-2H3. The van der Waals surface area contributed by atoms with Crippen LogP contribution in [0.3, 0.4) is 0 Å². The summed E-state index contributed by atoms with van der Waals surface area (Å²) in [7, 11) is -3.35. The summed E-state index contributed by atoms with van der Waals surface area (Å²) in [5.41, 5.74) is 0. The van der Waals surface area contributed by atoms with Gasteiger partial charge < -0.3 is 14.5 Å². The number of hydrogen-bond acceptors (Lipinski definition) is 4. The number of carbonyl (C=O) groups is 1. The van der Waals surface area contributed by atoms with E-state index in [2.05, 4.69) is 0 Å². The topological polar surface area (TPSA) is 70.2 Å². The Labute approximate surface area is 133 Å². The van der Waals surface area contributed by atoms with Gasteiger partial charge >= 0.3 is 6.03 Å². The second kappa shape index (κ2) is 7.61. The fourth-order valence-corrected chi connectivity index (χ4v) is 4.97. The maximum absolute atomic E-state index is 12.7. The first-order chi connectivity index (χ1) is 10.5. The maximum Gasteiger partial charge on any atom is 0.320 e. The van der Waals surface area contributed by atoms with Crippen LogP contribution in [-0.4, -0.2) is 86.3 Å². The van der Waals surface area contributed by atoms with Crippen LogP contribution in [0.25, 0.3) is 0 Å². The maximum atomic E-state index is 12.7. The van der Waals surface area contributed by atoms with Crippen molar-refractivity contribution in [3.05, 3.63) is 0 Å². The van der Waals surface area contributed by atoms with Crippen molar-refractivity contribution in [3.8, 4) is 0 Å². The molecule has 0 aliphatic carbocycles. The zero-order valence-corrected chi connectivity index (χ0v) is 14.3. The van der Waals surface area contributed by atoms with Gasteiger partial charge in [0.05, 0.1) is 18.5 Å². The second-order valence-electron chi connectivity index (χ2n) is 5.72. The quantitative estimate of drug-likeness (QED) is 0.754. The molecular weight excluding hydrogens is 306 g/mol. The lowest BCUT2D eigenvalue weighted by Gasteiger charge is -2.38. The van der Waals surface area contributed by atoms with Crippen molar-refractivity contribution in [2.24, 2.45) is 0 Å². The molecule has 2 fully saturated rings. The minimum absolute atomic E-state index is 0.0492. The number of ether oxygens (including phenoxy) is 1. The van der Waals surface area contributed by atoms with Gasteiger partial charge in [-0.25, -0.2) is 13.2 Å². The molecule has 8 heteroatoms. The predicted molar refractivity (Wildman–Crippen MR) is 84.2 cm³/mol. The van der Waals surface area contributed by atoms with Crippen LogP contribution in [0.4, 0.5) is 4.79 Å². The van der Waals surface area contributed by atoms with Crippen LogP contribution in [0.1, 0.15) is 26.7 Å². The molecule has 0 spiro atoms.